The number of carbonyl (C=O) groups is 2. The van der Waals surface area contributed by atoms with E-state index < -0.39 is 11.6 Å². The normalized spacial score (nSPS) is 19.0. The summed E-state index contributed by atoms with van der Waals surface area (Å²) in [5, 5.41) is 0.0127. The molecule has 1 amide bonds. The summed E-state index contributed by atoms with van der Waals surface area (Å²) in [4.78, 5) is 24.2. The predicted molar refractivity (Wildman–Crippen MR) is 70.0 cm³/mol. The van der Waals surface area contributed by atoms with Crippen molar-refractivity contribution in [2.24, 2.45) is 5.92 Å². The van der Waals surface area contributed by atoms with Crippen LogP contribution in [0.25, 0.3) is 0 Å². The minimum Gasteiger partial charge on any atom is -0.312 e. The van der Waals surface area contributed by atoms with Crippen molar-refractivity contribution in [1.29, 1.82) is 0 Å². The van der Waals surface area contributed by atoms with E-state index >= 15 is 0 Å². The topological polar surface area (TPSA) is 37.4 Å². The number of carbonyl (C=O) groups excluding carboxylic acids is 2. The predicted octanol–water partition coefficient (Wildman–Crippen LogP) is 2.60. The fourth-order valence-electron chi connectivity index (χ4n) is 2.03. The maximum atomic E-state index is 13.1. The second-order valence-electron chi connectivity index (χ2n) is 4.48. The van der Waals surface area contributed by atoms with Gasteiger partial charge in [-0.3, -0.25) is 9.59 Å². The molecule has 0 aliphatic carbocycles. The van der Waals surface area contributed by atoms with E-state index in [-0.39, 0.29) is 16.9 Å². The van der Waals surface area contributed by atoms with Crippen molar-refractivity contribution in [3.63, 3.8) is 0 Å². The molecular weight excluding hydrogens is 272 g/mol. The number of halogens is 2. The van der Waals surface area contributed by atoms with Crippen LogP contribution in [0.4, 0.5) is 14.5 Å². The molecule has 1 aromatic carbocycles. The van der Waals surface area contributed by atoms with Crippen LogP contribution in [0, 0.1) is 17.6 Å². The molecule has 1 saturated heterocycles. The Morgan fingerprint density at radius 2 is 2.16 bits per heavy atom. The third-order valence-corrected chi connectivity index (χ3v) is 3.99. The molecule has 3 nitrogen and oxygen atoms in total. The molecule has 102 valence electrons. The molecule has 1 unspecified atom stereocenters. The van der Waals surface area contributed by atoms with Crippen molar-refractivity contribution in [3.05, 3.63) is 29.8 Å². The monoisotopic (exact) mass is 285 g/mol. The highest BCUT2D eigenvalue weighted by Crippen LogP contribution is 2.28. The molecule has 1 fully saturated rings. The Bertz CT molecular complexity index is 521. The van der Waals surface area contributed by atoms with Gasteiger partial charge in [-0.25, -0.2) is 8.78 Å². The van der Waals surface area contributed by atoms with Gasteiger partial charge in [0.25, 0.3) is 0 Å². The second-order valence-corrected chi connectivity index (χ2v) is 5.67. The first-order valence-corrected chi connectivity index (χ1v) is 6.84. The summed E-state index contributed by atoms with van der Waals surface area (Å²) in [5.74, 6) is -1.39. The standard InChI is InChI=1S/C13H13F2NO2S/c1-8(17)19-7-9-4-13(18)16(6-9)10-2-3-11(14)12(15)5-10/h2-3,5,9H,4,6-7H2,1H3. The average Bonchev–Trinajstić information content (AvgIpc) is 2.72. The van der Waals surface area contributed by atoms with E-state index in [1.165, 1.54) is 29.7 Å². The van der Waals surface area contributed by atoms with Crippen molar-refractivity contribution in [2.75, 3.05) is 17.2 Å². The Morgan fingerprint density at radius 1 is 1.42 bits per heavy atom. The Balaban J connectivity index is 2.07. The van der Waals surface area contributed by atoms with Gasteiger partial charge in [0, 0.05) is 37.4 Å². The summed E-state index contributed by atoms with van der Waals surface area (Å²) in [6.45, 7) is 1.92. The molecule has 1 heterocycles. The molecule has 1 aliphatic heterocycles. The third kappa shape index (κ3) is 3.32. The second kappa shape index (κ2) is 5.69. The van der Waals surface area contributed by atoms with Crippen molar-refractivity contribution in [1.82, 2.24) is 0 Å². The highest BCUT2D eigenvalue weighted by molar-refractivity contribution is 8.13. The van der Waals surface area contributed by atoms with Gasteiger partial charge in [0.1, 0.15) is 0 Å². The third-order valence-electron chi connectivity index (χ3n) is 2.94. The number of nitrogens with zero attached hydrogens (tertiary/aromatic N) is 1. The molecule has 0 bridgehead atoms. The summed E-state index contributed by atoms with van der Waals surface area (Å²) < 4.78 is 26.0. The number of hydrogen-bond acceptors (Lipinski definition) is 3. The molecule has 2 rings (SSSR count). The molecule has 1 atom stereocenters. The van der Waals surface area contributed by atoms with E-state index in [1.54, 1.807) is 0 Å². The van der Waals surface area contributed by atoms with Crippen molar-refractivity contribution in [2.45, 2.75) is 13.3 Å². The number of amides is 1. The fourth-order valence-corrected chi connectivity index (χ4v) is 2.72. The molecule has 6 heteroatoms. The summed E-state index contributed by atoms with van der Waals surface area (Å²) >= 11 is 1.18. The van der Waals surface area contributed by atoms with Gasteiger partial charge in [0.2, 0.25) is 5.91 Å². The fraction of sp³-hybridized carbons (Fsp3) is 0.385. The Morgan fingerprint density at radius 3 is 2.79 bits per heavy atom. The maximum Gasteiger partial charge on any atom is 0.227 e. The molecule has 0 N–H and O–H groups in total. The lowest BCUT2D eigenvalue weighted by Gasteiger charge is -2.16. The van der Waals surface area contributed by atoms with E-state index in [2.05, 4.69) is 0 Å². The van der Waals surface area contributed by atoms with Crippen LogP contribution in [0.5, 0.6) is 0 Å². The highest BCUT2D eigenvalue weighted by atomic mass is 32.2. The lowest BCUT2D eigenvalue weighted by Crippen LogP contribution is -2.24. The van der Waals surface area contributed by atoms with Crippen molar-refractivity contribution >= 4 is 28.5 Å². The van der Waals surface area contributed by atoms with E-state index in [4.69, 9.17) is 0 Å². The van der Waals surface area contributed by atoms with Crippen LogP contribution in [-0.4, -0.2) is 23.3 Å². The molecule has 0 spiro atoms. The maximum absolute atomic E-state index is 13.1. The lowest BCUT2D eigenvalue weighted by atomic mass is 10.1. The van der Waals surface area contributed by atoms with E-state index in [0.29, 0.717) is 24.4 Å². The molecule has 1 aliphatic rings. The van der Waals surface area contributed by atoms with Crippen LogP contribution in [0.2, 0.25) is 0 Å². The Kier molecular flexibility index (Phi) is 4.19. The summed E-state index contributed by atoms with van der Waals surface area (Å²) in [5.41, 5.74) is 0.360. The van der Waals surface area contributed by atoms with Crippen LogP contribution in [0.1, 0.15) is 13.3 Å². The number of anilines is 1. The molecular formula is C13H13F2NO2S. The van der Waals surface area contributed by atoms with Gasteiger partial charge in [-0.2, -0.15) is 0 Å². The summed E-state index contributed by atoms with van der Waals surface area (Å²) in [6.07, 6.45) is 0.333. The zero-order valence-corrected chi connectivity index (χ0v) is 11.2. The van der Waals surface area contributed by atoms with Gasteiger partial charge >= 0.3 is 0 Å². The number of thioether (sulfide) groups is 1. The first-order chi connectivity index (χ1) is 8.97. The smallest absolute Gasteiger partial charge is 0.227 e. The van der Waals surface area contributed by atoms with Crippen LogP contribution < -0.4 is 4.90 Å². The van der Waals surface area contributed by atoms with Gasteiger partial charge in [-0.05, 0) is 18.1 Å². The van der Waals surface area contributed by atoms with Gasteiger partial charge < -0.3 is 4.90 Å². The van der Waals surface area contributed by atoms with Crippen LogP contribution in [-0.2, 0) is 9.59 Å². The van der Waals surface area contributed by atoms with Gasteiger partial charge in [0.15, 0.2) is 16.7 Å². The number of benzene rings is 1. The van der Waals surface area contributed by atoms with Crippen LogP contribution in [0.15, 0.2) is 18.2 Å². The lowest BCUT2D eigenvalue weighted by molar-refractivity contribution is -0.117. The Hall–Kier alpha value is -1.43. The van der Waals surface area contributed by atoms with E-state index in [9.17, 15) is 18.4 Å². The van der Waals surface area contributed by atoms with E-state index in [1.807, 2.05) is 0 Å². The highest BCUT2D eigenvalue weighted by Gasteiger charge is 2.31. The largest absolute Gasteiger partial charge is 0.312 e. The van der Waals surface area contributed by atoms with Gasteiger partial charge in [0.05, 0.1) is 0 Å². The van der Waals surface area contributed by atoms with E-state index in [0.717, 1.165) is 12.1 Å². The Labute approximate surface area is 114 Å². The molecule has 0 saturated carbocycles. The summed E-state index contributed by atoms with van der Waals surface area (Å²) in [6, 6.07) is 3.42. The molecule has 0 aromatic heterocycles. The molecule has 1 aromatic rings. The van der Waals surface area contributed by atoms with Crippen LogP contribution in [0.3, 0.4) is 0 Å². The number of rotatable bonds is 3. The summed E-state index contributed by atoms with van der Waals surface area (Å²) in [7, 11) is 0. The van der Waals surface area contributed by atoms with Gasteiger partial charge in [-0.15, -0.1) is 0 Å². The first kappa shape index (κ1) is 14.0. The van der Waals surface area contributed by atoms with Crippen molar-refractivity contribution < 1.29 is 18.4 Å². The van der Waals surface area contributed by atoms with Gasteiger partial charge in [-0.1, -0.05) is 11.8 Å². The number of hydrogen-bond donors (Lipinski definition) is 0. The quantitative estimate of drug-likeness (QED) is 0.856. The zero-order valence-electron chi connectivity index (χ0n) is 10.4. The zero-order chi connectivity index (χ0) is 14.0. The molecule has 0 radical (unpaired) electrons. The minimum absolute atomic E-state index is 0.0127. The average molecular weight is 285 g/mol. The first-order valence-electron chi connectivity index (χ1n) is 5.86. The minimum atomic E-state index is -0.966. The SMILES string of the molecule is CC(=O)SCC1CC(=O)N(c2ccc(F)c(F)c2)C1. The van der Waals surface area contributed by atoms with Crippen molar-refractivity contribution in [3.8, 4) is 0 Å². The van der Waals surface area contributed by atoms with Crippen LogP contribution >= 0.6 is 11.8 Å². The molecule has 19 heavy (non-hydrogen) atoms.